The van der Waals surface area contributed by atoms with Gasteiger partial charge in [0.1, 0.15) is 12.0 Å². The van der Waals surface area contributed by atoms with Crippen molar-refractivity contribution in [1.82, 2.24) is 10.3 Å². The molecule has 0 atom stereocenters. The second kappa shape index (κ2) is 9.42. The first-order valence-electron chi connectivity index (χ1n) is 7.97. The highest BCUT2D eigenvalue weighted by Gasteiger charge is 2.01. The van der Waals surface area contributed by atoms with Gasteiger partial charge in [-0.3, -0.25) is 0 Å². The highest BCUT2D eigenvalue weighted by molar-refractivity contribution is 6.02. The molecule has 3 N–H and O–H groups in total. The molecule has 0 radical (unpaired) electrons. The van der Waals surface area contributed by atoms with Gasteiger partial charge in [0.15, 0.2) is 5.84 Å². The summed E-state index contributed by atoms with van der Waals surface area (Å²) in [5.74, 6) is 0.251. The molecule has 0 spiro atoms. The molecule has 1 rings (SSSR count). The standard InChI is InChI=1S/C19H28N6/c1-13-8-9-18(10-14(13)2)11-21-15(3)16(4)22-12-23-17(5)19(20)24-25(6)7/h8-10,12,21H,3,5,11H2,1-2,4,6-7H3,(H2,20,24). The van der Waals surface area contributed by atoms with E-state index in [0.717, 1.165) is 11.4 Å². The molecule has 0 aliphatic carbocycles. The van der Waals surface area contributed by atoms with Crippen LogP contribution in [0, 0.1) is 13.8 Å². The first-order chi connectivity index (χ1) is 11.7. The third-order valence-corrected chi connectivity index (χ3v) is 3.58. The van der Waals surface area contributed by atoms with Crippen LogP contribution in [0.15, 0.2) is 57.8 Å². The molecule has 134 valence electrons. The molecule has 0 unspecified atom stereocenters. The van der Waals surface area contributed by atoms with Crippen LogP contribution in [0.4, 0.5) is 0 Å². The minimum absolute atomic E-state index is 0.251. The van der Waals surface area contributed by atoms with Crippen LogP contribution >= 0.6 is 0 Å². The smallest absolute Gasteiger partial charge is 0.168 e. The summed E-state index contributed by atoms with van der Waals surface area (Å²) < 4.78 is 0. The molecule has 0 bridgehead atoms. The Morgan fingerprint density at radius 3 is 2.52 bits per heavy atom. The van der Waals surface area contributed by atoms with Crippen LogP contribution in [0.1, 0.15) is 23.6 Å². The van der Waals surface area contributed by atoms with Crippen LogP contribution < -0.4 is 11.1 Å². The minimum atomic E-state index is 0.251. The second-order valence-electron chi connectivity index (χ2n) is 5.99. The van der Waals surface area contributed by atoms with Crippen LogP contribution in [0.3, 0.4) is 0 Å². The quantitative estimate of drug-likeness (QED) is 0.434. The van der Waals surface area contributed by atoms with Crippen molar-refractivity contribution in [2.45, 2.75) is 27.3 Å². The predicted octanol–water partition coefficient (Wildman–Crippen LogP) is 2.74. The van der Waals surface area contributed by atoms with Gasteiger partial charge in [0.2, 0.25) is 0 Å². The summed E-state index contributed by atoms with van der Waals surface area (Å²) in [4.78, 5) is 8.33. The van der Waals surface area contributed by atoms with Crippen molar-refractivity contribution in [3.8, 4) is 0 Å². The molecule has 6 heteroatoms. The van der Waals surface area contributed by atoms with Crippen molar-refractivity contribution in [3.63, 3.8) is 0 Å². The fourth-order valence-electron chi connectivity index (χ4n) is 1.85. The molecule has 0 saturated heterocycles. The maximum absolute atomic E-state index is 5.75. The van der Waals surface area contributed by atoms with E-state index in [-0.39, 0.29) is 5.84 Å². The predicted molar refractivity (Wildman–Crippen MR) is 108 cm³/mol. The Morgan fingerprint density at radius 2 is 1.92 bits per heavy atom. The Morgan fingerprint density at radius 1 is 1.24 bits per heavy atom. The van der Waals surface area contributed by atoms with Crippen LogP contribution in [-0.4, -0.2) is 37.0 Å². The van der Waals surface area contributed by atoms with Gasteiger partial charge in [-0.15, -0.1) is 0 Å². The highest BCUT2D eigenvalue weighted by atomic mass is 15.4. The first kappa shape index (κ1) is 20.2. The Balaban J connectivity index is 2.60. The summed E-state index contributed by atoms with van der Waals surface area (Å²) in [7, 11) is 3.55. The lowest BCUT2D eigenvalue weighted by Crippen LogP contribution is -2.18. The molecule has 0 aliphatic rings. The topological polar surface area (TPSA) is 78.4 Å². The number of benzene rings is 1. The third-order valence-electron chi connectivity index (χ3n) is 3.58. The van der Waals surface area contributed by atoms with Gasteiger partial charge in [-0.05, 0) is 37.5 Å². The number of hydrogen-bond acceptors (Lipinski definition) is 4. The van der Waals surface area contributed by atoms with E-state index in [1.54, 1.807) is 19.1 Å². The maximum atomic E-state index is 5.75. The zero-order chi connectivity index (χ0) is 19.0. The normalized spacial score (nSPS) is 12.4. The fraction of sp³-hybridized carbons (Fsp3) is 0.316. The van der Waals surface area contributed by atoms with Crippen molar-refractivity contribution in [2.75, 3.05) is 14.1 Å². The summed E-state index contributed by atoms with van der Waals surface area (Å²) in [6.07, 6.45) is 1.40. The lowest BCUT2D eigenvalue weighted by molar-refractivity contribution is 0.437. The number of aliphatic imine (C=N–C) groups is 2. The van der Waals surface area contributed by atoms with Gasteiger partial charge in [0.25, 0.3) is 0 Å². The van der Waals surface area contributed by atoms with Gasteiger partial charge in [0, 0.05) is 26.3 Å². The number of amidine groups is 1. The van der Waals surface area contributed by atoms with Gasteiger partial charge in [-0.2, -0.15) is 5.10 Å². The number of nitrogens with zero attached hydrogens (tertiary/aromatic N) is 4. The van der Waals surface area contributed by atoms with E-state index in [1.165, 1.54) is 23.0 Å². The molecular formula is C19H28N6. The molecule has 0 aliphatic heterocycles. The molecule has 0 fully saturated rings. The maximum Gasteiger partial charge on any atom is 0.168 e. The third kappa shape index (κ3) is 7.03. The number of allylic oxidation sites excluding steroid dienone is 1. The van der Waals surface area contributed by atoms with Crippen molar-refractivity contribution < 1.29 is 0 Å². The van der Waals surface area contributed by atoms with E-state index >= 15 is 0 Å². The highest BCUT2D eigenvalue weighted by Crippen LogP contribution is 2.10. The van der Waals surface area contributed by atoms with Crippen LogP contribution in [0.5, 0.6) is 0 Å². The summed E-state index contributed by atoms with van der Waals surface area (Å²) in [5, 5.41) is 8.88. The summed E-state index contributed by atoms with van der Waals surface area (Å²) in [5.41, 5.74) is 11.3. The number of nitrogens with two attached hydrogens (primary N) is 1. The van der Waals surface area contributed by atoms with Gasteiger partial charge in [0.05, 0.1) is 5.71 Å². The van der Waals surface area contributed by atoms with Crippen LogP contribution in [0.2, 0.25) is 0 Å². The van der Waals surface area contributed by atoms with E-state index in [9.17, 15) is 0 Å². The minimum Gasteiger partial charge on any atom is -0.380 e. The zero-order valence-electron chi connectivity index (χ0n) is 15.8. The lowest BCUT2D eigenvalue weighted by Gasteiger charge is -2.10. The number of aryl methyl sites for hydroxylation is 2. The van der Waals surface area contributed by atoms with Crippen LogP contribution in [0.25, 0.3) is 0 Å². The SMILES string of the molecule is C=C(NCc1ccc(C)c(C)c1)C(C)=NC=NC(=C)/C(N)=N\N(C)C. The molecule has 0 amide bonds. The van der Waals surface area contributed by atoms with Gasteiger partial charge in [-0.25, -0.2) is 9.98 Å². The van der Waals surface area contributed by atoms with Gasteiger partial charge in [-0.1, -0.05) is 31.4 Å². The molecular weight excluding hydrogens is 312 g/mol. The molecule has 6 nitrogen and oxygen atoms in total. The number of nitrogens with one attached hydrogen (secondary N) is 1. The Labute approximate surface area is 150 Å². The number of hydrogen-bond donors (Lipinski definition) is 2. The Hall–Kier alpha value is -2.89. The Bertz CT molecular complexity index is 725. The molecule has 25 heavy (non-hydrogen) atoms. The van der Waals surface area contributed by atoms with Gasteiger partial charge < -0.3 is 16.1 Å². The molecule has 0 aromatic heterocycles. The second-order valence-corrected chi connectivity index (χ2v) is 5.99. The number of hydrazone groups is 1. The molecule has 1 aromatic carbocycles. The summed E-state index contributed by atoms with van der Waals surface area (Å²) >= 11 is 0. The molecule has 1 aromatic rings. The average Bonchev–Trinajstić information content (AvgIpc) is 2.54. The van der Waals surface area contributed by atoms with E-state index in [0.29, 0.717) is 12.2 Å². The van der Waals surface area contributed by atoms with Crippen molar-refractivity contribution in [2.24, 2.45) is 20.8 Å². The largest absolute Gasteiger partial charge is 0.380 e. The fourth-order valence-corrected chi connectivity index (χ4v) is 1.85. The lowest BCUT2D eigenvalue weighted by atomic mass is 10.1. The van der Waals surface area contributed by atoms with E-state index < -0.39 is 0 Å². The van der Waals surface area contributed by atoms with E-state index in [2.05, 4.69) is 65.6 Å². The average molecular weight is 340 g/mol. The zero-order valence-corrected chi connectivity index (χ0v) is 15.8. The summed E-state index contributed by atoms with van der Waals surface area (Å²) in [6.45, 7) is 14.5. The van der Waals surface area contributed by atoms with Gasteiger partial charge >= 0.3 is 0 Å². The summed E-state index contributed by atoms with van der Waals surface area (Å²) in [6, 6.07) is 6.39. The van der Waals surface area contributed by atoms with Crippen molar-refractivity contribution in [3.05, 3.63) is 59.4 Å². The Kier molecular flexibility index (Phi) is 7.59. The van der Waals surface area contributed by atoms with Crippen molar-refractivity contribution >= 4 is 17.9 Å². The molecule has 0 saturated carbocycles. The van der Waals surface area contributed by atoms with Crippen molar-refractivity contribution in [1.29, 1.82) is 0 Å². The van der Waals surface area contributed by atoms with E-state index in [1.807, 2.05) is 6.92 Å². The van der Waals surface area contributed by atoms with E-state index in [4.69, 9.17) is 5.73 Å². The first-order valence-corrected chi connectivity index (χ1v) is 7.97. The molecule has 0 heterocycles. The monoisotopic (exact) mass is 340 g/mol. The number of rotatable bonds is 8. The van der Waals surface area contributed by atoms with Crippen LogP contribution in [-0.2, 0) is 6.54 Å².